The lowest BCUT2D eigenvalue weighted by Gasteiger charge is -2.32. The molecule has 1 fully saturated rings. The van der Waals surface area contributed by atoms with E-state index in [9.17, 15) is 14.4 Å². The molecule has 2 heterocycles. The second-order valence-corrected chi connectivity index (χ2v) is 8.58. The predicted octanol–water partition coefficient (Wildman–Crippen LogP) is 2.55. The van der Waals surface area contributed by atoms with Crippen LogP contribution in [-0.4, -0.2) is 61.0 Å². The third-order valence-corrected chi connectivity index (χ3v) is 6.24. The lowest BCUT2D eigenvalue weighted by molar-refractivity contribution is -0.145. The second-order valence-electron chi connectivity index (χ2n) is 8.58. The highest BCUT2D eigenvalue weighted by molar-refractivity contribution is 5.84. The summed E-state index contributed by atoms with van der Waals surface area (Å²) in [6, 6.07) is 10.5. The minimum absolute atomic E-state index is 0.143. The minimum Gasteiger partial charge on any atom is -0.497 e. The Bertz CT molecular complexity index is 941. The number of aryl methyl sites for hydroxylation is 1. The van der Waals surface area contributed by atoms with Gasteiger partial charge in [-0.05, 0) is 60.6 Å². The summed E-state index contributed by atoms with van der Waals surface area (Å²) in [5, 5.41) is 2.83. The Morgan fingerprint density at radius 3 is 2.32 bits per heavy atom. The Kier molecular flexibility index (Phi) is 9.43. The first kappa shape index (κ1) is 25.2. The number of esters is 1. The average Bonchev–Trinajstić information content (AvgIpc) is 2.87. The summed E-state index contributed by atoms with van der Waals surface area (Å²) in [7, 11) is 2.91. The molecule has 1 aliphatic rings. The van der Waals surface area contributed by atoms with Gasteiger partial charge in [0.05, 0.1) is 14.2 Å². The van der Waals surface area contributed by atoms with Gasteiger partial charge in [0.15, 0.2) is 0 Å². The molecule has 2 amide bonds. The number of ether oxygens (including phenoxy) is 2. The molecule has 8 nitrogen and oxygen atoms in total. The molecule has 1 aromatic carbocycles. The number of aromatic nitrogens is 1. The molecule has 0 spiro atoms. The number of nitrogens with one attached hydrogen (secondary N) is 1. The van der Waals surface area contributed by atoms with Crippen molar-refractivity contribution in [1.29, 1.82) is 0 Å². The van der Waals surface area contributed by atoms with E-state index in [4.69, 9.17) is 9.47 Å². The molecule has 1 saturated heterocycles. The molecule has 0 saturated carbocycles. The molecule has 1 atom stereocenters. The van der Waals surface area contributed by atoms with Gasteiger partial charge in [-0.3, -0.25) is 14.6 Å². The zero-order valence-electron chi connectivity index (χ0n) is 19.9. The zero-order chi connectivity index (χ0) is 24.3. The Labute approximate surface area is 200 Å². The molecule has 1 aliphatic heterocycles. The van der Waals surface area contributed by atoms with Crippen LogP contribution in [0.1, 0.15) is 36.8 Å². The molecule has 1 N–H and O–H groups in total. The van der Waals surface area contributed by atoms with Crippen LogP contribution >= 0.6 is 0 Å². The van der Waals surface area contributed by atoms with Crippen LogP contribution in [0.25, 0.3) is 0 Å². The standard InChI is InChI=1S/C26H33N3O5/c1-33-22-6-3-20(4-7-22)17-23(26(32)34-2)28-24(30)18-21-11-15-29(16-12-21)25(31)8-5-19-9-13-27-14-10-19/h3-4,6-7,9-10,13-14,21,23H,5,8,11-12,15-18H2,1-2H3,(H,28,30). The first-order valence-corrected chi connectivity index (χ1v) is 11.6. The number of nitrogens with zero attached hydrogens (tertiary/aromatic N) is 2. The third-order valence-electron chi connectivity index (χ3n) is 6.24. The Morgan fingerprint density at radius 1 is 1.03 bits per heavy atom. The number of likely N-dealkylation sites (tertiary alicyclic amines) is 1. The molecule has 2 aromatic rings. The molecule has 8 heteroatoms. The van der Waals surface area contributed by atoms with Gasteiger partial charge in [-0.1, -0.05) is 12.1 Å². The highest BCUT2D eigenvalue weighted by atomic mass is 16.5. The molecule has 182 valence electrons. The number of amides is 2. The van der Waals surface area contributed by atoms with Crippen LogP contribution in [0.2, 0.25) is 0 Å². The van der Waals surface area contributed by atoms with E-state index in [0.717, 1.165) is 29.7 Å². The normalized spacial score (nSPS) is 14.8. The van der Waals surface area contributed by atoms with Gasteiger partial charge in [-0.15, -0.1) is 0 Å². The number of carbonyl (C=O) groups is 3. The van der Waals surface area contributed by atoms with Gasteiger partial charge in [0.2, 0.25) is 11.8 Å². The van der Waals surface area contributed by atoms with Crippen molar-refractivity contribution in [1.82, 2.24) is 15.2 Å². The number of pyridine rings is 1. The monoisotopic (exact) mass is 467 g/mol. The summed E-state index contributed by atoms with van der Waals surface area (Å²) < 4.78 is 10.0. The molecule has 1 unspecified atom stereocenters. The Hall–Kier alpha value is -3.42. The van der Waals surface area contributed by atoms with Gasteiger partial charge >= 0.3 is 5.97 Å². The van der Waals surface area contributed by atoms with Crippen LogP contribution in [0.4, 0.5) is 0 Å². The van der Waals surface area contributed by atoms with Crippen LogP contribution in [0.15, 0.2) is 48.8 Å². The molecular weight excluding hydrogens is 434 g/mol. The van der Waals surface area contributed by atoms with Crippen molar-refractivity contribution in [3.8, 4) is 5.75 Å². The lowest BCUT2D eigenvalue weighted by Crippen LogP contribution is -2.44. The number of hydrogen-bond acceptors (Lipinski definition) is 6. The van der Waals surface area contributed by atoms with Gasteiger partial charge in [0.25, 0.3) is 0 Å². The van der Waals surface area contributed by atoms with E-state index in [2.05, 4.69) is 10.3 Å². The van der Waals surface area contributed by atoms with E-state index in [1.807, 2.05) is 41.3 Å². The van der Waals surface area contributed by atoms with E-state index >= 15 is 0 Å². The summed E-state index contributed by atoms with van der Waals surface area (Å²) in [4.78, 5) is 43.3. The fourth-order valence-electron chi connectivity index (χ4n) is 4.19. The molecular formula is C26H33N3O5. The van der Waals surface area contributed by atoms with Gasteiger partial charge in [0.1, 0.15) is 11.8 Å². The number of rotatable bonds is 10. The molecule has 0 radical (unpaired) electrons. The topological polar surface area (TPSA) is 97.8 Å². The lowest BCUT2D eigenvalue weighted by atomic mass is 9.92. The first-order valence-electron chi connectivity index (χ1n) is 11.6. The summed E-state index contributed by atoms with van der Waals surface area (Å²) in [6.07, 6.45) is 6.86. The van der Waals surface area contributed by atoms with E-state index in [1.54, 1.807) is 19.5 Å². The van der Waals surface area contributed by atoms with Crippen LogP contribution in [0.5, 0.6) is 5.75 Å². The van der Waals surface area contributed by atoms with Crippen LogP contribution < -0.4 is 10.1 Å². The molecule has 34 heavy (non-hydrogen) atoms. The van der Waals surface area contributed by atoms with Crippen LogP contribution in [-0.2, 0) is 32.0 Å². The minimum atomic E-state index is -0.749. The van der Waals surface area contributed by atoms with Crippen molar-refractivity contribution < 1.29 is 23.9 Å². The molecule has 0 bridgehead atoms. The number of methoxy groups -OCH3 is 2. The van der Waals surface area contributed by atoms with Crippen molar-refractivity contribution in [2.75, 3.05) is 27.3 Å². The maximum atomic E-state index is 12.7. The largest absolute Gasteiger partial charge is 0.497 e. The number of carbonyl (C=O) groups excluding carboxylic acids is 3. The summed E-state index contributed by atoms with van der Waals surface area (Å²) in [6.45, 7) is 1.30. The maximum Gasteiger partial charge on any atom is 0.328 e. The van der Waals surface area contributed by atoms with Crippen LogP contribution in [0, 0.1) is 5.92 Å². The fourth-order valence-corrected chi connectivity index (χ4v) is 4.19. The third kappa shape index (κ3) is 7.57. The second kappa shape index (κ2) is 12.7. The average molecular weight is 468 g/mol. The predicted molar refractivity (Wildman–Crippen MR) is 127 cm³/mol. The smallest absolute Gasteiger partial charge is 0.328 e. The van der Waals surface area contributed by atoms with Gasteiger partial charge in [-0.2, -0.15) is 0 Å². The van der Waals surface area contributed by atoms with Crippen molar-refractivity contribution in [3.63, 3.8) is 0 Å². The molecule has 0 aliphatic carbocycles. The first-order chi connectivity index (χ1) is 16.5. The number of piperidine rings is 1. The highest BCUT2D eigenvalue weighted by Gasteiger charge is 2.27. The number of hydrogen-bond donors (Lipinski definition) is 1. The van der Waals surface area contributed by atoms with E-state index in [-0.39, 0.29) is 17.7 Å². The van der Waals surface area contributed by atoms with Crippen LogP contribution in [0.3, 0.4) is 0 Å². The van der Waals surface area contributed by atoms with E-state index < -0.39 is 12.0 Å². The number of benzene rings is 1. The van der Waals surface area contributed by atoms with Gasteiger partial charge in [0, 0.05) is 44.7 Å². The van der Waals surface area contributed by atoms with Gasteiger partial charge < -0.3 is 19.7 Å². The van der Waals surface area contributed by atoms with Crippen molar-refractivity contribution >= 4 is 17.8 Å². The summed E-state index contributed by atoms with van der Waals surface area (Å²) in [5.41, 5.74) is 2.00. The van der Waals surface area contributed by atoms with E-state index in [1.165, 1.54) is 7.11 Å². The molecule has 1 aromatic heterocycles. The zero-order valence-corrected chi connectivity index (χ0v) is 19.9. The van der Waals surface area contributed by atoms with Crippen molar-refractivity contribution in [3.05, 3.63) is 59.9 Å². The summed E-state index contributed by atoms with van der Waals surface area (Å²) in [5.74, 6) is 0.406. The maximum absolute atomic E-state index is 12.7. The quantitative estimate of drug-likeness (QED) is 0.540. The Balaban J connectivity index is 1.44. The Morgan fingerprint density at radius 2 is 1.71 bits per heavy atom. The highest BCUT2D eigenvalue weighted by Crippen LogP contribution is 2.22. The van der Waals surface area contributed by atoms with Crippen molar-refractivity contribution in [2.45, 2.75) is 44.6 Å². The van der Waals surface area contributed by atoms with Gasteiger partial charge in [-0.25, -0.2) is 4.79 Å². The summed E-state index contributed by atoms with van der Waals surface area (Å²) >= 11 is 0. The SMILES string of the molecule is COC(=O)C(Cc1ccc(OC)cc1)NC(=O)CC1CCN(C(=O)CCc2ccncc2)CC1. The molecule has 3 rings (SSSR count). The fraction of sp³-hybridized carbons (Fsp3) is 0.462. The van der Waals surface area contributed by atoms with Crippen molar-refractivity contribution in [2.24, 2.45) is 5.92 Å². The van der Waals surface area contributed by atoms with E-state index in [0.29, 0.717) is 38.8 Å².